The Kier molecular flexibility index (Phi) is 6.61. The maximum atomic E-state index is 11.6. The Hall–Kier alpha value is -1.46. The Morgan fingerprint density at radius 3 is 2.65 bits per heavy atom. The van der Waals surface area contributed by atoms with Crippen molar-refractivity contribution in [1.29, 1.82) is 0 Å². The number of primary amides is 1. The van der Waals surface area contributed by atoms with Gasteiger partial charge < -0.3 is 11.1 Å². The van der Waals surface area contributed by atoms with Gasteiger partial charge in [-0.05, 0) is 30.9 Å². The highest BCUT2D eigenvalue weighted by atomic mass is 32.1. The van der Waals surface area contributed by atoms with Gasteiger partial charge in [0.15, 0.2) is 0 Å². The maximum absolute atomic E-state index is 11.6. The van der Waals surface area contributed by atoms with Gasteiger partial charge in [0.2, 0.25) is 0 Å². The van der Waals surface area contributed by atoms with Gasteiger partial charge in [0.1, 0.15) is 5.00 Å². The average Bonchev–Trinajstić information content (AvgIpc) is 2.72. The molecule has 0 aliphatic rings. The highest BCUT2D eigenvalue weighted by Gasteiger charge is 2.20. The van der Waals surface area contributed by atoms with Gasteiger partial charge >= 0.3 is 0 Å². The molecule has 1 heterocycles. The summed E-state index contributed by atoms with van der Waals surface area (Å²) in [6.45, 7) is 6.12. The summed E-state index contributed by atoms with van der Waals surface area (Å²) in [5.41, 5.74) is 9.51. The molecule has 1 amide bonds. The first-order chi connectivity index (χ1) is 9.56. The summed E-state index contributed by atoms with van der Waals surface area (Å²) in [5.74, 6) is -0.427. The van der Waals surface area contributed by atoms with Crippen molar-refractivity contribution >= 4 is 45.5 Å². The molecule has 5 heteroatoms. The van der Waals surface area contributed by atoms with Gasteiger partial charge in [0.25, 0.3) is 5.91 Å². The van der Waals surface area contributed by atoms with Gasteiger partial charge in [-0.3, -0.25) is 4.79 Å². The van der Waals surface area contributed by atoms with E-state index in [2.05, 4.69) is 31.3 Å². The second-order valence-electron chi connectivity index (χ2n) is 4.27. The van der Waals surface area contributed by atoms with Gasteiger partial charge in [-0.2, -0.15) is 0 Å². The fourth-order valence-corrected chi connectivity index (χ4v) is 3.41. The van der Waals surface area contributed by atoms with E-state index in [1.807, 2.05) is 13.0 Å². The minimum absolute atomic E-state index is 0.427. The molecule has 0 saturated carbocycles. The van der Waals surface area contributed by atoms with E-state index in [1.54, 1.807) is 0 Å². The van der Waals surface area contributed by atoms with E-state index >= 15 is 0 Å². The molecule has 3 nitrogen and oxygen atoms in total. The van der Waals surface area contributed by atoms with Crippen molar-refractivity contribution in [2.45, 2.75) is 33.6 Å². The normalized spacial score (nSPS) is 11.8. The number of amides is 1. The van der Waals surface area contributed by atoms with E-state index in [-0.39, 0.29) is 0 Å². The minimum atomic E-state index is -0.427. The third-order valence-corrected chi connectivity index (χ3v) is 4.34. The highest BCUT2D eigenvalue weighted by molar-refractivity contribution is 7.79. The molecule has 1 aromatic heterocycles. The van der Waals surface area contributed by atoms with Crippen LogP contribution in [0.5, 0.6) is 0 Å². The number of carbonyl (C=O) groups excluding carboxylic acids is 1. The predicted octanol–water partition coefficient (Wildman–Crippen LogP) is 4.28. The van der Waals surface area contributed by atoms with Crippen LogP contribution in [-0.4, -0.2) is 11.4 Å². The summed E-state index contributed by atoms with van der Waals surface area (Å²) < 4.78 is 0. The number of nitrogens with two attached hydrogens (primary N) is 1. The lowest BCUT2D eigenvalue weighted by molar-refractivity contribution is 0.100. The first-order valence-corrected chi connectivity index (χ1v) is 7.84. The lowest BCUT2D eigenvalue weighted by Crippen LogP contribution is -2.13. The summed E-state index contributed by atoms with van der Waals surface area (Å²) >= 11 is 6.32. The number of hydrogen-bond donors (Lipinski definition) is 2. The summed E-state index contributed by atoms with van der Waals surface area (Å²) in [7, 11) is 0. The zero-order valence-corrected chi connectivity index (χ0v) is 13.7. The summed E-state index contributed by atoms with van der Waals surface area (Å²) in [6.07, 6.45) is 8.14. The van der Waals surface area contributed by atoms with Gasteiger partial charge in [0, 0.05) is 4.88 Å². The molecular formula is C15H20N2OS2. The molecule has 0 aliphatic heterocycles. The minimum Gasteiger partial charge on any atom is -0.365 e. The number of thiophene rings is 1. The first-order valence-electron chi connectivity index (χ1n) is 6.56. The molecule has 0 spiro atoms. The Morgan fingerprint density at radius 2 is 2.15 bits per heavy atom. The lowest BCUT2D eigenvalue weighted by Gasteiger charge is -2.02. The Bertz CT molecular complexity index is 556. The second kappa shape index (κ2) is 7.97. The standard InChI is InChI=1S/C15H20N2OS2/c1-4-6-7-8-11(5-2)13-10(3)12(14(16)18)15(20-13)17-9-19/h6-9H,4-5H2,1-3H3,(H2,16,18)(H,17,19)/b7-6-,11-8+. The van der Waals surface area contributed by atoms with Crippen molar-refractivity contribution in [2.75, 3.05) is 5.32 Å². The Labute approximate surface area is 129 Å². The third-order valence-electron chi connectivity index (χ3n) is 2.92. The van der Waals surface area contributed by atoms with Crippen LogP contribution in [0.1, 0.15) is 47.5 Å². The number of allylic oxidation sites excluding steroid dienone is 4. The Morgan fingerprint density at radius 1 is 1.45 bits per heavy atom. The first kappa shape index (κ1) is 16.6. The maximum Gasteiger partial charge on any atom is 0.251 e. The van der Waals surface area contributed by atoms with E-state index in [0.29, 0.717) is 5.56 Å². The quantitative estimate of drug-likeness (QED) is 0.584. The summed E-state index contributed by atoms with van der Waals surface area (Å²) in [6, 6.07) is 0. The molecule has 1 rings (SSSR count). The molecule has 1 aromatic rings. The van der Waals surface area contributed by atoms with E-state index < -0.39 is 5.91 Å². The van der Waals surface area contributed by atoms with Crippen molar-refractivity contribution in [3.63, 3.8) is 0 Å². The molecule has 0 unspecified atom stereocenters. The van der Waals surface area contributed by atoms with Crippen molar-refractivity contribution < 1.29 is 4.79 Å². The van der Waals surface area contributed by atoms with Crippen LogP contribution in [0.4, 0.5) is 5.00 Å². The van der Waals surface area contributed by atoms with Crippen LogP contribution in [0, 0.1) is 6.92 Å². The van der Waals surface area contributed by atoms with Gasteiger partial charge in [-0.1, -0.05) is 44.3 Å². The monoisotopic (exact) mass is 308 g/mol. The molecule has 20 heavy (non-hydrogen) atoms. The lowest BCUT2D eigenvalue weighted by atomic mass is 10.0. The molecule has 0 fully saturated rings. The molecule has 0 bridgehead atoms. The van der Waals surface area contributed by atoms with Gasteiger partial charge in [0.05, 0.1) is 11.1 Å². The zero-order valence-electron chi connectivity index (χ0n) is 12.0. The van der Waals surface area contributed by atoms with Crippen LogP contribution in [0.3, 0.4) is 0 Å². The van der Waals surface area contributed by atoms with Crippen molar-refractivity contribution in [1.82, 2.24) is 0 Å². The molecule has 0 saturated heterocycles. The number of rotatable bonds is 7. The van der Waals surface area contributed by atoms with Gasteiger partial charge in [-0.25, -0.2) is 0 Å². The van der Waals surface area contributed by atoms with Crippen LogP contribution in [0.15, 0.2) is 18.2 Å². The number of carbonyl (C=O) groups is 1. The highest BCUT2D eigenvalue weighted by Crippen LogP contribution is 2.37. The molecular weight excluding hydrogens is 288 g/mol. The third kappa shape index (κ3) is 3.77. The Balaban J connectivity index is 3.33. The van der Waals surface area contributed by atoms with Crippen LogP contribution >= 0.6 is 23.6 Å². The summed E-state index contributed by atoms with van der Waals surface area (Å²) in [5, 5.41) is 3.65. The van der Waals surface area contributed by atoms with E-state index in [9.17, 15) is 4.79 Å². The van der Waals surface area contributed by atoms with Crippen LogP contribution < -0.4 is 11.1 Å². The topological polar surface area (TPSA) is 55.1 Å². The zero-order chi connectivity index (χ0) is 15.1. The second-order valence-corrected chi connectivity index (χ2v) is 5.52. The molecule has 0 atom stereocenters. The summed E-state index contributed by atoms with van der Waals surface area (Å²) in [4.78, 5) is 12.7. The molecule has 0 aromatic carbocycles. The van der Waals surface area contributed by atoms with Crippen molar-refractivity contribution in [2.24, 2.45) is 5.73 Å². The van der Waals surface area contributed by atoms with Gasteiger partial charge in [-0.15, -0.1) is 11.3 Å². The molecule has 0 radical (unpaired) electrons. The predicted molar refractivity (Wildman–Crippen MR) is 92.6 cm³/mol. The molecule has 3 N–H and O–H groups in total. The molecule has 108 valence electrons. The SMILES string of the molecule is CC/C=C\C=C(/CC)c1sc(NC=S)c(C(N)=O)c1C. The van der Waals surface area contributed by atoms with Crippen LogP contribution in [0.25, 0.3) is 5.57 Å². The van der Waals surface area contributed by atoms with Crippen molar-refractivity contribution in [3.05, 3.63) is 34.2 Å². The fourth-order valence-electron chi connectivity index (χ4n) is 1.95. The van der Waals surface area contributed by atoms with E-state index in [1.165, 1.54) is 22.4 Å². The van der Waals surface area contributed by atoms with E-state index in [0.717, 1.165) is 28.3 Å². The molecule has 0 aliphatic carbocycles. The smallest absolute Gasteiger partial charge is 0.251 e. The van der Waals surface area contributed by atoms with Crippen LogP contribution in [0.2, 0.25) is 0 Å². The fraction of sp³-hybridized carbons (Fsp3) is 0.333. The largest absolute Gasteiger partial charge is 0.365 e. The van der Waals surface area contributed by atoms with E-state index in [4.69, 9.17) is 18.0 Å². The number of nitrogens with one attached hydrogen (secondary N) is 1. The van der Waals surface area contributed by atoms with Crippen molar-refractivity contribution in [3.8, 4) is 0 Å². The number of anilines is 1. The average molecular weight is 308 g/mol. The number of thiocarbonyl (C=S) groups is 1. The van der Waals surface area contributed by atoms with Crippen LogP contribution in [-0.2, 0) is 0 Å². The number of hydrogen-bond acceptors (Lipinski definition) is 3.